The number of carbonyl (C=O) groups excluding carboxylic acids is 2. The molecule has 0 aromatic rings. The van der Waals surface area contributed by atoms with Crippen molar-refractivity contribution in [2.45, 2.75) is 66.3 Å². The number of esters is 2. The van der Waals surface area contributed by atoms with Crippen molar-refractivity contribution < 1.29 is 43.9 Å². The van der Waals surface area contributed by atoms with Crippen LogP contribution in [0.3, 0.4) is 0 Å². The van der Waals surface area contributed by atoms with Gasteiger partial charge in [0.25, 0.3) is 5.95 Å². The molecule has 9 nitrogen and oxygen atoms in total. The zero-order valence-electron chi connectivity index (χ0n) is 18.8. The molecule has 0 heterocycles. The van der Waals surface area contributed by atoms with Gasteiger partial charge in [-0.15, -0.1) is 0 Å². The first-order valence-electron chi connectivity index (χ1n) is 9.77. The van der Waals surface area contributed by atoms with Crippen LogP contribution in [0, 0.1) is 5.41 Å². The van der Waals surface area contributed by atoms with E-state index in [1.807, 2.05) is 0 Å². The van der Waals surface area contributed by atoms with Crippen molar-refractivity contribution in [2.24, 2.45) is 5.41 Å². The number of ether oxygens (including phenoxy) is 4. The molecule has 9 heteroatoms. The standard InChI is InChI=1S/C21H36O9/c1-13(2)18(24)28-11-17(6)30-12-21(7,20(26)29-10-16(5)23)8-14(3)19(25)27-9-15(4)22/h15-17,22-23,25H,1,8-12H2,2-7H3/b19-14+. The van der Waals surface area contributed by atoms with Gasteiger partial charge in [0.2, 0.25) is 0 Å². The maximum atomic E-state index is 12.7. The Morgan fingerprint density at radius 2 is 1.50 bits per heavy atom. The van der Waals surface area contributed by atoms with Crippen LogP contribution in [0.1, 0.15) is 48.0 Å². The summed E-state index contributed by atoms with van der Waals surface area (Å²) in [6.45, 7) is 12.5. The molecular formula is C21H36O9. The summed E-state index contributed by atoms with van der Waals surface area (Å²) in [6, 6.07) is 0. The molecule has 0 saturated heterocycles. The number of hydrogen-bond acceptors (Lipinski definition) is 9. The maximum Gasteiger partial charge on any atom is 0.333 e. The molecule has 0 aliphatic carbocycles. The second-order valence-electron chi connectivity index (χ2n) is 7.93. The molecule has 0 amide bonds. The third kappa shape index (κ3) is 11.2. The number of rotatable bonds is 14. The summed E-state index contributed by atoms with van der Waals surface area (Å²) >= 11 is 0. The molecule has 3 N–H and O–H groups in total. The fraction of sp³-hybridized carbons (Fsp3) is 0.714. The predicted octanol–water partition coefficient (Wildman–Crippen LogP) is 2.02. The molecule has 30 heavy (non-hydrogen) atoms. The van der Waals surface area contributed by atoms with Gasteiger partial charge in [-0.25, -0.2) is 4.79 Å². The highest BCUT2D eigenvalue weighted by atomic mass is 16.6. The molecule has 0 spiro atoms. The van der Waals surface area contributed by atoms with E-state index >= 15 is 0 Å². The SMILES string of the molecule is C=C(C)C(=O)OCC(C)OCC(C)(C/C(C)=C(\O)OCC(C)O)C(=O)OCC(C)O. The van der Waals surface area contributed by atoms with Gasteiger partial charge in [-0.05, 0) is 48.0 Å². The Hall–Kier alpha value is -2.10. The molecule has 0 bridgehead atoms. The lowest BCUT2D eigenvalue weighted by molar-refractivity contribution is -0.164. The summed E-state index contributed by atoms with van der Waals surface area (Å²) in [6.07, 6.45) is -2.08. The topological polar surface area (TPSA) is 132 Å². The summed E-state index contributed by atoms with van der Waals surface area (Å²) in [4.78, 5) is 24.2. The Balaban J connectivity index is 5.20. The molecule has 4 atom stereocenters. The molecule has 0 radical (unpaired) electrons. The first-order chi connectivity index (χ1) is 13.8. The van der Waals surface area contributed by atoms with Gasteiger partial charge in [0, 0.05) is 11.1 Å². The van der Waals surface area contributed by atoms with Gasteiger partial charge in [0.15, 0.2) is 0 Å². The first-order valence-corrected chi connectivity index (χ1v) is 9.77. The van der Waals surface area contributed by atoms with E-state index in [1.165, 1.54) is 20.8 Å². The van der Waals surface area contributed by atoms with Gasteiger partial charge in [-0.3, -0.25) is 4.79 Å². The molecule has 0 saturated carbocycles. The van der Waals surface area contributed by atoms with Gasteiger partial charge < -0.3 is 34.3 Å². The van der Waals surface area contributed by atoms with Crippen LogP contribution in [-0.2, 0) is 28.5 Å². The smallest absolute Gasteiger partial charge is 0.333 e. The van der Waals surface area contributed by atoms with Gasteiger partial charge in [0.1, 0.15) is 19.8 Å². The maximum absolute atomic E-state index is 12.7. The number of hydrogen-bond donors (Lipinski definition) is 3. The van der Waals surface area contributed by atoms with Crippen LogP contribution < -0.4 is 0 Å². The van der Waals surface area contributed by atoms with Crippen LogP contribution in [-0.4, -0.2) is 72.0 Å². The van der Waals surface area contributed by atoms with Crippen LogP contribution in [0.2, 0.25) is 0 Å². The summed E-state index contributed by atoms with van der Waals surface area (Å²) in [5.74, 6) is -1.56. The minimum Gasteiger partial charge on any atom is -0.481 e. The van der Waals surface area contributed by atoms with Crippen molar-refractivity contribution in [3.63, 3.8) is 0 Å². The fourth-order valence-corrected chi connectivity index (χ4v) is 2.23. The lowest BCUT2D eigenvalue weighted by Gasteiger charge is -2.29. The van der Waals surface area contributed by atoms with E-state index < -0.39 is 41.6 Å². The van der Waals surface area contributed by atoms with Crippen LogP contribution in [0.25, 0.3) is 0 Å². The second kappa shape index (κ2) is 13.3. The molecule has 0 rings (SSSR count). The van der Waals surface area contributed by atoms with Crippen molar-refractivity contribution in [1.82, 2.24) is 0 Å². The summed E-state index contributed by atoms with van der Waals surface area (Å²) in [5, 5.41) is 28.7. The Labute approximate surface area is 178 Å². The highest BCUT2D eigenvalue weighted by Crippen LogP contribution is 2.30. The first kappa shape index (κ1) is 27.9. The van der Waals surface area contributed by atoms with E-state index in [4.69, 9.17) is 18.9 Å². The quantitative estimate of drug-likeness (QED) is 0.214. The van der Waals surface area contributed by atoms with Gasteiger partial charge in [-0.2, -0.15) is 0 Å². The lowest BCUT2D eigenvalue weighted by Crippen LogP contribution is -2.38. The van der Waals surface area contributed by atoms with Crippen molar-refractivity contribution in [1.29, 1.82) is 0 Å². The van der Waals surface area contributed by atoms with E-state index in [0.717, 1.165) is 0 Å². The lowest BCUT2D eigenvalue weighted by atomic mass is 9.84. The largest absolute Gasteiger partial charge is 0.481 e. The van der Waals surface area contributed by atoms with Gasteiger partial charge >= 0.3 is 11.9 Å². The number of allylic oxidation sites excluding steroid dienone is 1. The normalized spacial score (nSPS) is 17.1. The Kier molecular flexibility index (Phi) is 12.3. The average Bonchev–Trinajstić information content (AvgIpc) is 2.66. The third-order valence-electron chi connectivity index (χ3n) is 3.91. The molecular weight excluding hydrogens is 396 g/mol. The number of carbonyl (C=O) groups is 2. The average molecular weight is 433 g/mol. The fourth-order valence-electron chi connectivity index (χ4n) is 2.23. The van der Waals surface area contributed by atoms with Crippen molar-refractivity contribution in [3.05, 3.63) is 23.7 Å². The molecule has 0 aromatic carbocycles. The van der Waals surface area contributed by atoms with Gasteiger partial charge in [0.05, 0.1) is 30.3 Å². The monoisotopic (exact) mass is 432 g/mol. The number of aliphatic hydroxyl groups excluding tert-OH is 3. The summed E-state index contributed by atoms with van der Waals surface area (Å²) in [7, 11) is 0. The van der Waals surface area contributed by atoms with E-state index in [0.29, 0.717) is 5.57 Å². The van der Waals surface area contributed by atoms with Crippen LogP contribution >= 0.6 is 0 Å². The van der Waals surface area contributed by atoms with Crippen LogP contribution in [0.4, 0.5) is 0 Å². The van der Waals surface area contributed by atoms with Crippen molar-refractivity contribution >= 4 is 11.9 Å². The highest BCUT2D eigenvalue weighted by Gasteiger charge is 2.37. The van der Waals surface area contributed by atoms with Crippen molar-refractivity contribution in [3.8, 4) is 0 Å². The Bertz CT molecular complexity index is 610. The zero-order valence-corrected chi connectivity index (χ0v) is 18.8. The summed E-state index contributed by atoms with van der Waals surface area (Å²) in [5.41, 5.74) is -0.590. The van der Waals surface area contributed by atoms with Crippen LogP contribution in [0.15, 0.2) is 23.7 Å². The van der Waals surface area contributed by atoms with E-state index in [2.05, 4.69) is 6.58 Å². The molecule has 174 valence electrons. The molecule has 0 aliphatic heterocycles. The Morgan fingerprint density at radius 1 is 0.967 bits per heavy atom. The molecule has 4 unspecified atom stereocenters. The third-order valence-corrected chi connectivity index (χ3v) is 3.91. The van der Waals surface area contributed by atoms with E-state index in [1.54, 1.807) is 20.8 Å². The minimum atomic E-state index is -1.21. The predicted molar refractivity (Wildman–Crippen MR) is 110 cm³/mol. The molecule has 0 aromatic heterocycles. The zero-order chi connectivity index (χ0) is 23.5. The molecule has 0 fully saturated rings. The van der Waals surface area contributed by atoms with E-state index in [-0.39, 0.29) is 38.4 Å². The highest BCUT2D eigenvalue weighted by molar-refractivity contribution is 5.86. The van der Waals surface area contributed by atoms with Gasteiger partial charge in [-0.1, -0.05) is 6.58 Å². The molecule has 0 aliphatic rings. The Morgan fingerprint density at radius 3 is 2.00 bits per heavy atom. The van der Waals surface area contributed by atoms with Crippen molar-refractivity contribution in [2.75, 3.05) is 26.4 Å². The summed E-state index contributed by atoms with van der Waals surface area (Å²) < 4.78 is 21.0. The van der Waals surface area contributed by atoms with Crippen LogP contribution in [0.5, 0.6) is 0 Å². The second-order valence-corrected chi connectivity index (χ2v) is 7.93. The minimum absolute atomic E-state index is 0.0257. The van der Waals surface area contributed by atoms with E-state index in [9.17, 15) is 24.9 Å². The number of aliphatic hydroxyl groups is 3.